The molecule has 11 heteroatoms. The molecule has 1 fully saturated rings. The number of aromatic amines is 1. The number of imidazole rings is 1. The summed E-state index contributed by atoms with van der Waals surface area (Å²) in [7, 11) is 0. The van der Waals surface area contributed by atoms with Gasteiger partial charge in [0.2, 0.25) is 5.91 Å². The van der Waals surface area contributed by atoms with Gasteiger partial charge in [-0.1, -0.05) is 0 Å². The van der Waals surface area contributed by atoms with Gasteiger partial charge < -0.3 is 25.2 Å². The fourth-order valence-electron chi connectivity index (χ4n) is 3.69. The van der Waals surface area contributed by atoms with Crippen molar-refractivity contribution in [3.05, 3.63) is 64.5 Å². The molecular weight excluding hydrogens is 416 g/mol. The Kier molecular flexibility index (Phi) is 5.99. The molecule has 11 nitrogen and oxygen atoms in total. The first-order valence-corrected chi connectivity index (χ1v) is 10.1. The molecule has 0 bridgehead atoms. The third kappa shape index (κ3) is 4.37. The summed E-state index contributed by atoms with van der Waals surface area (Å²) in [6.45, 7) is 1.36. The van der Waals surface area contributed by atoms with E-state index in [0.717, 1.165) is 11.2 Å². The van der Waals surface area contributed by atoms with E-state index in [4.69, 9.17) is 0 Å². The summed E-state index contributed by atoms with van der Waals surface area (Å²) in [5.74, 6) is -0.815. The third-order valence-electron chi connectivity index (χ3n) is 5.49. The third-order valence-corrected chi connectivity index (χ3v) is 5.49. The summed E-state index contributed by atoms with van der Waals surface area (Å²) in [4.78, 5) is 46.5. The molecule has 1 aliphatic rings. The number of aromatic nitrogens is 2. The highest BCUT2D eigenvalue weighted by atomic mass is 16.6. The fourth-order valence-corrected chi connectivity index (χ4v) is 3.69. The quantitative estimate of drug-likeness (QED) is 0.383. The number of aliphatic hydroxyl groups is 1. The Hall–Kier alpha value is -3.99. The van der Waals surface area contributed by atoms with Crippen LogP contribution in [-0.4, -0.2) is 75.5 Å². The predicted molar refractivity (Wildman–Crippen MR) is 116 cm³/mol. The van der Waals surface area contributed by atoms with Crippen LogP contribution in [0.5, 0.6) is 0 Å². The van der Waals surface area contributed by atoms with Crippen molar-refractivity contribution in [3.8, 4) is 0 Å². The number of H-pyrrole nitrogens is 1. The highest BCUT2D eigenvalue weighted by Crippen LogP contribution is 2.21. The molecule has 0 spiro atoms. The summed E-state index contributed by atoms with van der Waals surface area (Å²) in [6.07, 6.45) is 1.53. The van der Waals surface area contributed by atoms with Crippen molar-refractivity contribution in [2.75, 3.05) is 37.7 Å². The molecule has 1 aromatic heterocycles. The van der Waals surface area contributed by atoms with Gasteiger partial charge in [-0.15, -0.1) is 0 Å². The van der Waals surface area contributed by atoms with E-state index in [1.807, 2.05) is 4.90 Å². The average molecular weight is 438 g/mol. The molecule has 166 valence electrons. The molecular formula is C21H22N6O5. The number of hydrogen-bond donors (Lipinski definition) is 3. The van der Waals surface area contributed by atoms with E-state index < -0.39 is 23.5 Å². The van der Waals surface area contributed by atoms with Crippen LogP contribution in [-0.2, 0) is 4.79 Å². The molecule has 2 aromatic carbocycles. The number of nitrogens with zero attached hydrogens (tertiary/aromatic N) is 4. The number of piperazine rings is 1. The summed E-state index contributed by atoms with van der Waals surface area (Å²) in [5, 5.41) is 23.1. The molecule has 1 atom stereocenters. The Labute approximate surface area is 182 Å². The van der Waals surface area contributed by atoms with E-state index in [0.29, 0.717) is 37.3 Å². The summed E-state index contributed by atoms with van der Waals surface area (Å²) >= 11 is 0. The summed E-state index contributed by atoms with van der Waals surface area (Å²) in [5.41, 5.74) is 2.64. The van der Waals surface area contributed by atoms with Gasteiger partial charge in [-0.2, -0.15) is 0 Å². The lowest BCUT2D eigenvalue weighted by Gasteiger charge is -2.37. The number of rotatable bonds is 6. The van der Waals surface area contributed by atoms with Crippen molar-refractivity contribution in [1.82, 2.24) is 20.2 Å². The Morgan fingerprint density at radius 2 is 1.88 bits per heavy atom. The van der Waals surface area contributed by atoms with Crippen LogP contribution in [0.2, 0.25) is 0 Å². The Bertz CT molecular complexity index is 1140. The largest absolute Gasteiger partial charge is 0.394 e. The molecule has 0 radical (unpaired) electrons. The van der Waals surface area contributed by atoms with Crippen molar-refractivity contribution in [3.63, 3.8) is 0 Å². The van der Waals surface area contributed by atoms with Crippen molar-refractivity contribution >= 4 is 34.2 Å². The molecule has 4 rings (SSSR count). The standard InChI is InChI=1S/C21H22N6O5/c28-12-19(24-20(29)14-1-6-17-18(11-14)23-13-22-17)21(30)26-9-7-25(8-10-26)15-2-4-16(5-3-15)27(31)32/h1-6,11,13,19,28H,7-10,12H2,(H,22,23)(H,24,29)/t19-/m0/s1. The number of non-ortho nitro benzene ring substituents is 1. The number of carbonyl (C=O) groups is 2. The highest BCUT2D eigenvalue weighted by Gasteiger charge is 2.28. The van der Waals surface area contributed by atoms with Crippen molar-refractivity contribution in [2.24, 2.45) is 0 Å². The maximum Gasteiger partial charge on any atom is 0.269 e. The molecule has 0 unspecified atom stereocenters. The highest BCUT2D eigenvalue weighted by molar-refractivity contribution is 5.99. The van der Waals surface area contributed by atoms with Gasteiger partial charge in [-0.05, 0) is 30.3 Å². The second-order valence-electron chi connectivity index (χ2n) is 7.43. The van der Waals surface area contributed by atoms with Crippen LogP contribution in [0.4, 0.5) is 11.4 Å². The van der Waals surface area contributed by atoms with Gasteiger partial charge >= 0.3 is 0 Å². The van der Waals surface area contributed by atoms with Crippen LogP contribution in [0.1, 0.15) is 10.4 Å². The van der Waals surface area contributed by atoms with Gasteiger partial charge in [0, 0.05) is 49.6 Å². The molecule has 3 aromatic rings. The number of benzene rings is 2. The Morgan fingerprint density at radius 3 is 2.53 bits per heavy atom. The van der Waals surface area contributed by atoms with E-state index in [1.165, 1.54) is 18.5 Å². The van der Waals surface area contributed by atoms with Crippen LogP contribution in [0, 0.1) is 10.1 Å². The summed E-state index contributed by atoms with van der Waals surface area (Å²) < 4.78 is 0. The number of amides is 2. The lowest BCUT2D eigenvalue weighted by molar-refractivity contribution is -0.384. The molecule has 3 N–H and O–H groups in total. The van der Waals surface area contributed by atoms with Crippen LogP contribution in [0.25, 0.3) is 11.0 Å². The molecule has 1 saturated heterocycles. The van der Waals surface area contributed by atoms with Gasteiger partial charge in [0.15, 0.2) is 0 Å². The maximum atomic E-state index is 12.9. The first kappa shape index (κ1) is 21.2. The average Bonchev–Trinajstić information content (AvgIpc) is 3.30. The van der Waals surface area contributed by atoms with E-state index >= 15 is 0 Å². The summed E-state index contributed by atoms with van der Waals surface area (Å²) in [6, 6.07) is 10.2. The zero-order valence-corrected chi connectivity index (χ0v) is 17.1. The van der Waals surface area contributed by atoms with Crippen molar-refractivity contribution in [1.29, 1.82) is 0 Å². The molecule has 32 heavy (non-hydrogen) atoms. The fraction of sp³-hybridized carbons (Fsp3) is 0.286. The lowest BCUT2D eigenvalue weighted by Crippen LogP contribution is -2.56. The SMILES string of the molecule is O=C(N[C@@H](CO)C(=O)N1CCN(c2ccc([N+](=O)[O-])cc2)CC1)c1ccc2nc[nH]c2c1. The van der Waals surface area contributed by atoms with E-state index in [-0.39, 0.29) is 11.6 Å². The van der Waals surface area contributed by atoms with Gasteiger partial charge in [0.1, 0.15) is 6.04 Å². The minimum Gasteiger partial charge on any atom is -0.394 e. The maximum absolute atomic E-state index is 12.9. The number of carbonyl (C=O) groups excluding carboxylic acids is 2. The lowest BCUT2D eigenvalue weighted by atomic mass is 10.1. The Morgan fingerprint density at radius 1 is 1.16 bits per heavy atom. The first-order chi connectivity index (χ1) is 15.5. The number of nitrogens with one attached hydrogen (secondary N) is 2. The van der Waals surface area contributed by atoms with Crippen molar-refractivity contribution in [2.45, 2.75) is 6.04 Å². The minimum atomic E-state index is -1.05. The number of anilines is 1. The van der Waals surface area contributed by atoms with Crippen molar-refractivity contribution < 1.29 is 19.6 Å². The predicted octanol–water partition coefficient (Wildman–Crippen LogP) is 0.911. The molecule has 2 heterocycles. The zero-order chi connectivity index (χ0) is 22.7. The first-order valence-electron chi connectivity index (χ1n) is 10.1. The number of nitro benzene ring substituents is 1. The molecule has 0 saturated carbocycles. The smallest absolute Gasteiger partial charge is 0.269 e. The van der Waals surface area contributed by atoms with Gasteiger partial charge in [0.25, 0.3) is 11.6 Å². The second kappa shape index (κ2) is 9.02. The van der Waals surface area contributed by atoms with Gasteiger partial charge in [0.05, 0.1) is 28.9 Å². The van der Waals surface area contributed by atoms with Gasteiger partial charge in [-0.25, -0.2) is 4.98 Å². The number of hydrogen-bond acceptors (Lipinski definition) is 7. The van der Waals surface area contributed by atoms with Crippen LogP contribution >= 0.6 is 0 Å². The molecule has 1 aliphatic heterocycles. The molecule has 0 aliphatic carbocycles. The number of aliphatic hydroxyl groups excluding tert-OH is 1. The topological polar surface area (TPSA) is 145 Å². The van der Waals surface area contributed by atoms with Crippen LogP contribution in [0.3, 0.4) is 0 Å². The zero-order valence-electron chi connectivity index (χ0n) is 17.1. The molecule has 2 amide bonds. The van der Waals surface area contributed by atoms with Crippen LogP contribution in [0.15, 0.2) is 48.8 Å². The number of fused-ring (bicyclic) bond motifs is 1. The number of nitro groups is 1. The van der Waals surface area contributed by atoms with E-state index in [1.54, 1.807) is 35.2 Å². The van der Waals surface area contributed by atoms with Crippen LogP contribution < -0.4 is 10.2 Å². The minimum absolute atomic E-state index is 0.0239. The second-order valence-corrected chi connectivity index (χ2v) is 7.43. The normalized spacial score (nSPS) is 14.9. The Balaban J connectivity index is 1.35. The van der Waals surface area contributed by atoms with E-state index in [2.05, 4.69) is 15.3 Å². The van der Waals surface area contributed by atoms with Gasteiger partial charge in [-0.3, -0.25) is 19.7 Å². The monoisotopic (exact) mass is 438 g/mol. The van der Waals surface area contributed by atoms with E-state index in [9.17, 15) is 24.8 Å².